The zero-order chi connectivity index (χ0) is 19.0. The van der Waals surface area contributed by atoms with E-state index in [0.717, 1.165) is 12.0 Å². The van der Waals surface area contributed by atoms with Crippen LogP contribution in [0.4, 0.5) is 0 Å². The van der Waals surface area contributed by atoms with Crippen LogP contribution in [-0.2, 0) is 4.74 Å². The molecule has 2 aromatic rings. The number of aromatic nitrogens is 2. The molecule has 1 aliphatic heterocycles. The molecule has 2 fully saturated rings. The molecule has 2 amide bonds. The van der Waals surface area contributed by atoms with Gasteiger partial charge in [-0.05, 0) is 12.0 Å². The van der Waals surface area contributed by atoms with Crippen molar-refractivity contribution in [3.63, 3.8) is 0 Å². The van der Waals surface area contributed by atoms with Crippen LogP contribution in [0.2, 0.25) is 0 Å². The van der Waals surface area contributed by atoms with Gasteiger partial charge in [-0.2, -0.15) is 5.10 Å². The van der Waals surface area contributed by atoms with Gasteiger partial charge in [0.05, 0.1) is 19.3 Å². The largest absolute Gasteiger partial charge is 0.381 e. The average Bonchev–Trinajstić information content (AvgIpc) is 3.09. The van der Waals surface area contributed by atoms with E-state index in [4.69, 9.17) is 4.74 Å². The smallest absolute Gasteiger partial charge is 0.271 e. The minimum Gasteiger partial charge on any atom is -0.381 e. The fourth-order valence-electron chi connectivity index (χ4n) is 3.94. The summed E-state index contributed by atoms with van der Waals surface area (Å²) in [5.41, 5.74) is 1.71. The number of ether oxygens (including phenoxy) is 1. The molecule has 27 heavy (non-hydrogen) atoms. The van der Waals surface area contributed by atoms with E-state index in [0.29, 0.717) is 30.7 Å². The van der Waals surface area contributed by atoms with Crippen LogP contribution < -0.4 is 10.6 Å². The zero-order valence-electron chi connectivity index (χ0n) is 15.5. The second-order valence-electron chi connectivity index (χ2n) is 7.14. The van der Waals surface area contributed by atoms with Gasteiger partial charge in [0.1, 0.15) is 5.69 Å². The number of nitrogens with zero attached hydrogens (tertiary/aromatic N) is 2. The van der Waals surface area contributed by atoms with Crippen LogP contribution in [0.3, 0.4) is 0 Å². The van der Waals surface area contributed by atoms with E-state index < -0.39 is 0 Å². The lowest BCUT2D eigenvalue weighted by molar-refractivity contribution is 0.0914. The third kappa shape index (κ3) is 3.23. The summed E-state index contributed by atoms with van der Waals surface area (Å²) in [4.78, 5) is 25.1. The summed E-state index contributed by atoms with van der Waals surface area (Å²) in [6, 6.07) is 11.5. The van der Waals surface area contributed by atoms with Crippen molar-refractivity contribution in [1.29, 1.82) is 0 Å². The summed E-state index contributed by atoms with van der Waals surface area (Å²) in [6.45, 7) is 3.46. The SMILES string of the molecule is CC[C@@H](c1ccccc1)n1nc(C(=O)NC)cc1C(=O)N[C@H]1[C@@H]2COC[C@@H]21. The number of amides is 2. The first-order valence-electron chi connectivity index (χ1n) is 9.39. The van der Waals surface area contributed by atoms with Crippen LogP contribution in [0.15, 0.2) is 36.4 Å². The molecule has 1 aromatic carbocycles. The molecule has 0 radical (unpaired) electrons. The third-order valence-corrected chi connectivity index (χ3v) is 5.54. The summed E-state index contributed by atoms with van der Waals surface area (Å²) < 4.78 is 7.07. The average molecular weight is 368 g/mol. The number of hydrogen-bond donors (Lipinski definition) is 2. The highest BCUT2D eigenvalue weighted by atomic mass is 16.5. The van der Waals surface area contributed by atoms with Crippen LogP contribution >= 0.6 is 0 Å². The molecule has 1 aliphatic carbocycles. The first kappa shape index (κ1) is 17.7. The lowest BCUT2D eigenvalue weighted by Crippen LogP contribution is -2.32. The molecule has 2 aliphatic rings. The van der Waals surface area contributed by atoms with Gasteiger partial charge >= 0.3 is 0 Å². The van der Waals surface area contributed by atoms with Crippen molar-refractivity contribution in [2.75, 3.05) is 20.3 Å². The predicted molar refractivity (Wildman–Crippen MR) is 99.5 cm³/mol. The maximum absolute atomic E-state index is 13.0. The molecule has 4 rings (SSSR count). The minimum atomic E-state index is -0.303. The van der Waals surface area contributed by atoms with Gasteiger partial charge in [0.25, 0.3) is 11.8 Å². The summed E-state index contributed by atoms with van der Waals surface area (Å²) >= 11 is 0. The monoisotopic (exact) mass is 368 g/mol. The Kier molecular flexibility index (Phi) is 4.70. The highest BCUT2D eigenvalue weighted by molar-refractivity contribution is 5.98. The van der Waals surface area contributed by atoms with Crippen molar-refractivity contribution in [3.05, 3.63) is 53.3 Å². The molecule has 142 valence electrons. The highest BCUT2D eigenvalue weighted by Gasteiger charge is 2.55. The second kappa shape index (κ2) is 7.15. The van der Waals surface area contributed by atoms with Gasteiger partial charge in [-0.1, -0.05) is 37.3 Å². The molecular weight excluding hydrogens is 344 g/mol. The van der Waals surface area contributed by atoms with Gasteiger partial charge in [0.15, 0.2) is 5.69 Å². The molecule has 1 aromatic heterocycles. The van der Waals surface area contributed by atoms with E-state index in [9.17, 15) is 9.59 Å². The Morgan fingerprint density at radius 2 is 1.93 bits per heavy atom. The van der Waals surface area contributed by atoms with E-state index in [1.54, 1.807) is 17.8 Å². The summed E-state index contributed by atoms with van der Waals surface area (Å²) in [5, 5.41) is 10.2. The second-order valence-corrected chi connectivity index (χ2v) is 7.14. The zero-order valence-corrected chi connectivity index (χ0v) is 15.5. The Hall–Kier alpha value is -2.67. The number of nitrogens with one attached hydrogen (secondary N) is 2. The van der Waals surface area contributed by atoms with Crippen molar-refractivity contribution >= 4 is 11.8 Å². The molecule has 1 saturated carbocycles. The number of carbonyl (C=O) groups is 2. The molecular formula is C20H24N4O3. The summed E-state index contributed by atoms with van der Waals surface area (Å²) in [6.07, 6.45) is 0.752. The standard InChI is InChI=1S/C20H24N4O3/c1-3-16(12-7-5-4-6-8-12)24-17(9-15(23-24)19(25)21-2)20(26)22-18-13-10-27-11-14(13)18/h4-9,13-14,16,18H,3,10-11H2,1-2H3,(H,21,25)(H,22,26)/t13-,14+,16-,18+/m0/s1. The van der Waals surface area contributed by atoms with E-state index in [-0.39, 0.29) is 29.6 Å². The van der Waals surface area contributed by atoms with Crippen LogP contribution in [-0.4, -0.2) is 47.9 Å². The quantitative estimate of drug-likeness (QED) is 0.811. The van der Waals surface area contributed by atoms with Crippen LogP contribution in [0.25, 0.3) is 0 Å². The van der Waals surface area contributed by atoms with Crippen molar-refractivity contribution in [3.8, 4) is 0 Å². The molecule has 0 bridgehead atoms. The number of carbonyl (C=O) groups excluding carboxylic acids is 2. The molecule has 7 heteroatoms. The number of fused-ring (bicyclic) bond motifs is 1. The lowest BCUT2D eigenvalue weighted by Gasteiger charge is -2.19. The van der Waals surface area contributed by atoms with Crippen molar-refractivity contribution in [2.45, 2.75) is 25.4 Å². The van der Waals surface area contributed by atoms with E-state index >= 15 is 0 Å². The summed E-state index contributed by atoms with van der Waals surface area (Å²) in [5.74, 6) is 0.341. The minimum absolute atomic E-state index is 0.118. The number of hydrogen-bond acceptors (Lipinski definition) is 4. The fourth-order valence-corrected chi connectivity index (χ4v) is 3.94. The summed E-state index contributed by atoms with van der Waals surface area (Å²) in [7, 11) is 1.56. The topological polar surface area (TPSA) is 85.2 Å². The molecule has 7 nitrogen and oxygen atoms in total. The van der Waals surface area contributed by atoms with Crippen LogP contribution in [0.1, 0.15) is 45.9 Å². The number of benzene rings is 1. The Labute approximate surface area is 158 Å². The predicted octanol–water partition coefficient (Wildman–Crippen LogP) is 1.62. The Morgan fingerprint density at radius 1 is 1.22 bits per heavy atom. The first-order chi connectivity index (χ1) is 13.1. The normalized spacial score (nSPS) is 24.1. The third-order valence-electron chi connectivity index (χ3n) is 5.54. The van der Waals surface area contributed by atoms with Crippen molar-refractivity contribution in [1.82, 2.24) is 20.4 Å². The van der Waals surface area contributed by atoms with Gasteiger partial charge < -0.3 is 15.4 Å². The maximum Gasteiger partial charge on any atom is 0.271 e. The molecule has 4 atom stereocenters. The first-order valence-corrected chi connectivity index (χ1v) is 9.39. The molecule has 2 heterocycles. The van der Waals surface area contributed by atoms with Crippen LogP contribution in [0.5, 0.6) is 0 Å². The van der Waals surface area contributed by atoms with Crippen molar-refractivity contribution < 1.29 is 14.3 Å². The Morgan fingerprint density at radius 3 is 2.56 bits per heavy atom. The Bertz CT molecular complexity index is 838. The van der Waals surface area contributed by atoms with Gasteiger partial charge in [-0.15, -0.1) is 0 Å². The van der Waals surface area contributed by atoms with E-state index in [1.165, 1.54) is 0 Å². The molecule has 0 spiro atoms. The molecule has 0 unspecified atom stereocenters. The molecule has 2 N–H and O–H groups in total. The maximum atomic E-state index is 13.0. The number of rotatable bonds is 6. The molecule has 1 saturated heterocycles. The highest BCUT2D eigenvalue weighted by Crippen LogP contribution is 2.44. The lowest BCUT2D eigenvalue weighted by atomic mass is 10.0. The van der Waals surface area contributed by atoms with Crippen molar-refractivity contribution in [2.24, 2.45) is 11.8 Å². The van der Waals surface area contributed by atoms with Gasteiger partial charge in [0, 0.05) is 31.0 Å². The fraction of sp³-hybridized carbons (Fsp3) is 0.450. The van der Waals surface area contributed by atoms with Crippen LogP contribution in [0, 0.1) is 11.8 Å². The van der Waals surface area contributed by atoms with Gasteiger partial charge in [0.2, 0.25) is 0 Å². The van der Waals surface area contributed by atoms with Gasteiger partial charge in [-0.25, -0.2) is 0 Å². The van der Waals surface area contributed by atoms with Gasteiger partial charge in [-0.3, -0.25) is 14.3 Å². The van der Waals surface area contributed by atoms with E-state index in [2.05, 4.69) is 15.7 Å². The van der Waals surface area contributed by atoms with E-state index in [1.807, 2.05) is 37.3 Å². The Balaban J connectivity index is 1.65.